The fourth-order valence-corrected chi connectivity index (χ4v) is 2.90. The molecule has 0 amide bonds. The standard InChI is InChI=1S/C17H21ClO3/c1-11-3-6-14(9-12(11)2)21-16-7-4-13(10-15(16)18)5-8-17(19)20/h4-5,7-8,10-12,14H,3,6,9H2,1-2H3,(H,19,20). The molecular weight excluding hydrogens is 288 g/mol. The Morgan fingerprint density at radius 2 is 2.10 bits per heavy atom. The number of halogens is 1. The molecule has 1 aromatic carbocycles. The lowest BCUT2D eigenvalue weighted by Crippen LogP contribution is -2.28. The Labute approximate surface area is 130 Å². The summed E-state index contributed by atoms with van der Waals surface area (Å²) >= 11 is 6.22. The van der Waals surface area contributed by atoms with Gasteiger partial charge in [0, 0.05) is 6.08 Å². The van der Waals surface area contributed by atoms with Gasteiger partial charge in [-0.15, -0.1) is 0 Å². The van der Waals surface area contributed by atoms with Crippen molar-refractivity contribution in [3.63, 3.8) is 0 Å². The lowest BCUT2D eigenvalue weighted by atomic mass is 9.80. The van der Waals surface area contributed by atoms with Crippen LogP contribution in [0, 0.1) is 11.8 Å². The van der Waals surface area contributed by atoms with Crippen molar-refractivity contribution in [1.82, 2.24) is 0 Å². The zero-order valence-corrected chi connectivity index (χ0v) is 13.1. The monoisotopic (exact) mass is 308 g/mol. The van der Waals surface area contributed by atoms with Gasteiger partial charge in [-0.3, -0.25) is 0 Å². The molecule has 1 fully saturated rings. The van der Waals surface area contributed by atoms with E-state index < -0.39 is 5.97 Å². The minimum atomic E-state index is -0.975. The molecule has 0 aliphatic heterocycles. The van der Waals surface area contributed by atoms with E-state index in [-0.39, 0.29) is 6.10 Å². The van der Waals surface area contributed by atoms with E-state index in [0.717, 1.165) is 30.4 Å². The molecule has 1 aliphatic carbocycles. The highest BCUT2D eigenvalue weighted by molar-refractivity contribution is 6.32. The molecule has 1 saturated carbocycles. The summed E-state index contributed by atoms with van der Waals surface area (Å²) in [6.45, 7) is 4.55. The average molecular weight is 309 g/mol. The van der Waals surface area contributed by atoms with Crippen LogP contribution >= 0.6 is 11.6 Å². The summed E-state index contributed by atoms with van der Waals surface area (Å²) in [6, 6.07) is 5.35. The van der Waals surface area contributed by atoms with Gasteiger partial charge >= 0.3 is 5.97 Å². The van der Waals surface area contributed by atoms with Crippen LogP contribution in [0.4, 0.5) is 0 Å². The van der Waals surface area contributed by atoms with E-state index in [2.05, 4.69) is 13.8 Å². The van der Waals surface area contributed by atoms with Gasteiger partial charge in [0.25, 0.3) is 0 Å². The van der Waals surface area contributed by atoms with Gasteiger partial charge in [-0.05, 0) is 54.9 Å². The van der Waals surface area contributed by atoms with Gasteiger partial charge in [-0.1, -0.05) is 31.5 Å². The average Bonchev–Trinajstić information content (AvgIpc) is 2.43. The molecule has 1 aromatic rings. The number of benzene rings is 1. The molecule has 3 nitrogen and oxygen atoms in total. The first-order chi connectivity index (χ1) is 9.95. The summed E-state index contributed by atoms with van der Waals surface area (Å²) in [5.74, 6) is 1.12. The van der Waals surface area contributed by atoms with E-state index in [9.17, 15) is 4.79 Å². The van der Waals surface area contributed by atoms with Crippen LogP contribution in [0.15, 0.2) is 24.3 Å². The van der Waals surface area contributed by atoms with Crippen LogP contribution in [0.25, 0.3) is 6.08 Å². The molecule has 0 spiro atoms. The maximum Gasteiger partial charge on any atom is 0.328 e. The van der Waals surface area contributed by atoms with Gasteiger partial charge in [-0.25, -0.2) is 4.79 Å². The molecule has 3 atom stereocenters. The van der Waals surface area contributed by atoms with Crippen molar-refractivity contribution >= 4 is 23.6 Å². The highest BCUT2D eigenvalue weighted by atomic mass is 35.5. The van der Waals surface area contributed by atoms with Crippen LogP contribution < -0.4 is 4.74 Å². The van der Waals surface area contributed by atoms with Gasteiger partial charge in [-0.2, -0.15) is 0 Å². The summed E-state index contributed by atoms with van der Waals surface area (Å²) in [5.41, 5.74) is 0.750. The second kappa shape index (κ2) is 6.99. The first-order valence-electron chi connectivity index (χ1n) is 7.33. The second-order valence-corrected chi connectivity index (χ2v) is 6.28. The van der Waals surface area contributed by atoms with Gasteiger partial charge in [0.05, 0.1) is 11.1 Å². The molecule has 2 rings (SSSR count). The minimum Gasteiger partial charge on any atom is -0.489 e. The highest BCUT2D eigenvalue weighted by Crippen LogP contribution is 2.34. The Morgan fingerprint density at radius 3 is 2.71 bits per heavy atom. The van der Waals surface area contributed by atoms with Gasteiger partial charge in [0.2, 0.25) is 0 Å². The molecule has 1 N–H and O–H groups in total. The summed E-state index contributed by atoms with van der Waals surface area (Å²) in [7, 11) is 0. The first kappa shape index (κ1) is 15.9. The Kier molecular flexibility index (Phi) is 5.29. The first-order valence-corrected chi connectivity index (χ1v) is 7.70. The fraction of sp³-hybridized carbons (Fsp3) is 0.471. The number of carbonyl (C=O) groups is 1. The zero-order chi connectivity index (χ0) is 15.4. The molecule has 4 heteroatoms. The largest absolute Gasteiger partial charge is 0.489 e. The minimum absolute atomic E-state index is 0.217. The topological polar surface area (TPSA) is 46.5 Å². The van der Waals surface area contributed by atoms with Gasteiger partial charge in [0.1, 0.15) is 5.75 Å². The molecule has 0 bridgehead atoms. The molecule has 114 valence electrons. The smallest absolute Gasteiger partial charge is 0.328 e. The van der Waals surface area contributed by atoms with E-state index in [1.54, 1.807) is 6.07 Å². The number of ether oxygens (including phenoxy) is 1. The zero-order valence-electron chi connectivity index (χ0n) is 12.4. The lowest BCUT2D eigenvalue weighted by Gasteiger charge is -2.32. The highest BCUT2D eigenvalue weighted by Gasteiger charge is 2.26. The third-order valence-electron chi connectivity index (χ3n) is 4.22. The van der Waals surface area contributed by atoms with E-state index in [0.29, 0.717) is 16.7 Å². The SMILES string of the molecule is CC1CCC(Oc2ccc(C=CC(=O)O)cc2Cl)CC1C. The Morgan fingerprint density at radius 1 is 1.33 bits per heavy atom. The van der Waals surface area contributed by atoms with E-state index >= 15 is 0 Å². The number of hydrogen-bond acceptors (Lipinski definition) is 2. The van der Waals surface area contributed by atoms with Crippen LogP contribution in [0.1, 0.15) is 38.7 Å². The summed E-state index contributed by atoms with van der Waals surface area (Å²) < 4.78 is 6.01. The van der Waals surface area contributed by atoms with Crippen LogP contribution in [0.3, 0.4) is 0 Å². The number of rotatable bonds is 4. The molecular formula is C17H21ClO3. The van der Waals surface area contributed by atoms with Crippen molar-refractivity contribution < 1.29 is 14.6 Å². The van der Waals surface area contributed by atoms with E-state index in [1.165, 1.54) is 12.5 Å². The van der Waals surface area contributed by atoms with Gasteiger partial charge in [0.15, 0.2) is 0 Å². The molecule has 21 heavy (non-hydrogen) atoms. The van der Waals surface area contributed by atoms with Crippen LogP contribution in [-0.2, 0) is 4.79 Å². The maximum absolute atomic E-state index is 10.5. The Balaban J connectivity index is 2.02. The normalized spacial score (nSPS) is 26.0. The number of carboxylic acid groups (broad SMARTS) is 1. The maximum atomic E-state index is 10.5. The lowest BCUT2D eigenvalue weighted by molar-refractivity contribution is -0.131. The third kappa shape index (κ3) is 4.50. The fourth-order valence-electron chi connectivity index (χ4n) is 2.67. The molecule has 3 unspecified atom stereocenters. The van der Waals surface area contributed by atoms with E-state index in [4.69, 9.17) is 21.4 Å². The van der Waals surface area contributed by atoms with Crippen molar-refractivity contribution in [2.75, 3.05) is 0 Å². The summed E-state index contributed by atoms with van der Waals surface area (Å²) in [4.78, 5) is 10.5. The van der Waals surface area contributed by atoms with Crippen LogP contribution in [-0.4, -0.2) is 17.2 Å². The van der Waals surface area contributed by atoms with Crippen molar-refractivity contribution in [3.8, 4) is 5.75 Å². The van der Waals surface area contributed by atoms with Crippen molar-refractivity contribution in [2.45, 2.75) is 39.2 Å². The third-order valence-corrected chi connectivity index (χ3v) is 4.51. The van der Waals surface area contributed by atoms with Crippen molar-refractivity contribution in [3.05, 3.63) is 34.9 Å². The second-order valence-electron chi connectivity index (χ2n) is 5.87. The van der Waals surface area contributed by atoms with Crippen molar-refractivity contribution in [2.24, 2.45) is 11.8 Å². The molecule has 0 radical (unpaired) electrons. The Bertz CT molecular complexity index is 539. The van der Waals surface area contributed by atoms with Crippen LogP contribution in [0.5, 0.6) is 5.75 Å². The quantitative estimate of drug-likeness (QED) is 0.824. The number of carboxylic acids is 1. The predicted molar refractivity (Wildman–Crippen MR) is 84.7 cm³/mol. The molecule has 0 aromatic heterocycles. The summed E-state index contributed by atoms with van der Waals surface area (Å²) in [5, 5.41) is 9.14. The Hall–Kier alpha value is -1.48. The number of aliphatic carboxylic acids is 1. The molecule has 0 saturated heterocycles. The van der Waals surface area contributed by atoms with Crippen molar-refractivity contribution in [1.29, 1.82) is 0 Å². The molecule has 0 heterocycles. The molecule has 1 aliphatic rings. The summed E-state index contributed by atoms with van der Waals surface area (Å²) in [6.07, 6.45) is 6.12. The van der Waals surface area contributed by atoms with E-state index in [1.807, 2.05) is 12.1 Å². The number of hydrogen-bond donors (Lipinski definition) is 1. The van der Waals surface area contributed by atoms with Crippen LogP contribution in [0.2, 0.25) is 5.02 Å². The van der Waals surface area contributed by atoms with Gasteiger partial charge < -0.3 is 9.84 Å². The predicted octanol–water partition coefficient (Wildman–Crippen LogP) is 4.64.